The highest BCUT2D eigenvalue weighted by molar-refractivity contribution is 9.11. The molecule has 0 unspecified atom stereocenters. The highest BCUT2D eigenvalue weighted by Crippen LogP contribution is 2.35. The first-order valence-corrected chi connectivity index (χ1v) is 6.37. The molecule has 2 nitrogen and oxygen atoms in total. The van der Waals surface area contributed by atoms with E-state index in [1.807, 2.05) is 12.4 Å². The minimum Gasteiger partial charge on any atom is -0.317 e. The zero-order valence-electron chi connectivity index (χ0n) is 7.76. The quantitative estimate of drug-likeness (QED) is 0.860. The summed E-state index contributed by atoms with van der Waals surface area (Å²) < 4.78 is 2.25. The van der Waals surface area contributed by atoms with Gasteiger partial charge in [0.2, 0.25) is 0 Å². The van der Waals surface area contributed by atoms with Gasteiger partial charge in [-0.25, -0.2) is 0 Å². The molecule has 1 aromatic rings. The van der Waals surface area contributed by atoms with Gasteiger partial charge in [-0.2, -0.15) is 0 Å². The Bertz CT molecular complexity index is 302. The zero-order chi connectivity index (χ0) is 9.97. The van der Waals surface area contributed by atoms with Gasteiger partial charge in [0, 0.05) is 21.3 Å². The fourth-order valence-corrected chi connectivity index (χ4v) is 3.50. The lowest BCUT2D eigenvalue weighted by atomic mass is 9.91. The molecule has 0 bridgehead atoms. The average Bonchev–Trinajstić information content (AvgIpc) is 2.19. The predicted molar refractivity (Wildman–Crippen MR) is 64.5 cm³/mol. The average molecular weight is 320 g/mol. The number of aromatic nitrogens is 1. The highest BCUT2D eigenvalue weighted by Gasteiger charge is 2.19. The number of rotatable bonds is 1. The first-order valence-electron chi connectivity index (χ1n) is 4.78. The van der Waals surface area contributed by atoms with Crippen molar-refractivity contribution in [3.8, 4) is 0 Å². The second-order valence-electron chi connectivity index (χ2n) is 3.54. The lowest BCUT2D eigenvalue weighted by molar-refractivity contribution is 0.458. The Morgan fingerprint density at radius 1 is 1.14 bits per heavy atom. The first kappa shape index (κ1) is 10.6. The van der Waals surface area contributed by atoms with Gasteiger partial charge in [-0.1, -0.05) is 0 Å². The SMILES string of the molecule is Brc1cncc(Br)c1C1CCNCC1. The van der Waals surface area contributed by atoms with Gasteiger partial charge in [0.1, 0.15) is 0 Å². The van der Waals surface area contributed by atoms with E-state index < -0.39 is 0 Å². The van der Waals surface area contributed by atoms with E-state index in [9.17, 15) is 0 Å². The third kappa shape index (κ3) is 2.18. The second kappa shape index (κ2) is 4.73. The van der Waals surface area contributed by atoms with Gasteiger partial charge >= 0.3 is 0 Å². The van der Waals surface area contributed by atoms with Crippen molar-refractivity contribution in [2.24, 2.45) is 0 Å². The maximum Gasteiger partial charge on any atom is 0.0413 e. The summed E-state index contributed by atoms with van der Waals surface area (Å²) in [6, 6.07) is 0. The molecule has 0 spiro atoms. The summed E-state index contributed by atoms with van der Waals surface area (Å²) in [5.74, 6) is 0.656. The highest BCUT2D eigenvalue weighted by atomic mass is 79.9. The van der Waals surface area contributed by atoms with Crippen molar-refractivity contribution in [2.45, 2.75) is 18.8 Å². The third-order valence-electron chi connectivity index (χ3n) is 2.64. The van der Waals surface area contributed by atoms with E-state index in [2.05, 4.69) is 42.2 Å². The van der Waals surface area contributed by atoms with E-state index in [0.29, 0.717) is 5.92 Å². The van der Waals surface area contributed by atoms with Crippen LogP contribution in [0.1, 0.15) is 24.3 Å². The normalized spacial score (nSPS) is 18.4. The molecule has 0 aliphatic carbocycles. The van der Waals surface area contributed by atoms with Crippen molar-refractivity contribution in [3.05, 3.63) is 26.9 Å². The molecule has 76 valence electrons. The smallest absolute Gasteiger partial charge is 0.0413 e. The van der Waals surface area contributed by atoms with Crippen molar-refractivity contribution < 1.29 is 0 Å². The lowest BCUT2D eigenvalue weighted by Gasteiger charge is -2.24. The van der Waals surface area contributed by atoms with Crippen LogP contribution in [0.5, 0.6) is 0 Å². The number of piperidine rings is 1. The summed E-state index contributed by atoms with van der Waals surface area (Å²) >= 11 is 7.14. The molecule has 4 heteroatoms. The van der Waals surface area contributed by atoms with Gasteiger partial charge in [-0.15, -0.1) is 0 Å². The number of pyridine rings is 1. The van der Waals surface area contributed by atoms with Crippen LogP contribution in [0.15, 0.2) is 21.3 Å². The molecular weight excluding hydrogens is 308 g/mol. The minimum atomic E-state index is 0.656. The number of halogens is 2. The number of nitrogens with one attached hydrogen (secondary N) is 1. The van der Waals surface area contributed by atoms with Crippen LogP contribution in [0.25, 0.3) is 0 Å². The van der Waals surface area contributed by atoms with Crippen LogP contribution >= 0.6 is 31.9 Å². The number of hydrogen-bond donors (Lipinski definition) is 1. The van der Waals surface area contributed by atoms with Crippen LogP contribution in [0.2, 0.25) is 0 Å². The Labute approximate surface area is 101 Å². The molecule has 0 amide bonds. The first-order chi connectivity index (χ1) is 6.79. The molecule has 1 saturated heterocycles. The van der Waals surface area contributed by atoms with Gasteiger partial charge in [0.05, 0.1) is 0 Å². The Kier molecular flexibility index (Phi) is 3.57. The molecule has 0 radical (unpaired) electrons. The summed E-state index contributed by atoms with van der Waals surface area (Å²) in [4.78, 5) is 4.13. The van der Waals surface area contributed by atoms with Crippen LogP contribution in [-0.2, 0) is 0 Å². The van der Waals surface area contributed by atoms with E-state index in [4.69, 9.17) is 0 Å². The van der Waals surface area contributed by atoms with Crippen molar-refractivity contribution in [1.82, 2.24) is 10.3 Å². The fourth-order valence-electron chi connectivity index (χ4n) is 1.92. The molecule has 2 rings (SSSR count). The fraction of sp³-hybridized carbons (Fsp3) is 0.500. The summed E-state index contributed by atoms with van der Waals surface area (Å²) in [6.07, 6.45) is 6.17. The van der Waals surface area contributed by atoms with Crippen molar-refractivity contribution >= 4 is 31.9 Å². The molecule has 0 atom stereocenters. The summed E-state index contributed by atoms with van der Waals surface area (Å²) in [6.45, 7) is 2.23. The Morgan fingerprint density at radius 2 is 1.71 bits per heavy atom. The standard InChI is InChI=1S/C10H12Br2N2/c11-8-5-14-6-9(12)10(8)7-1-3-13-4-2-7/h5-7,13H,1-4H2. The molecule has 1 aliphatic rings. The summed E-state index contributed by atoms with van der Waals surface area (Å²) in [5, 5.41) is 3.38. The maximum atomic E-state index is 4.13. The minimum absolute atomic E-state index is 0.656. The molecule has 1 aromatic heterocycles. The Hall–Kier alpha value is 0.0700. The topological polar surface area (TPSA) is 24.9 Å². The van der Waals surface area contributed by atoms with Crippen molar-refractivity contribution in [2.75, 3.05) is 13.1 Å². The maximum absolute atomic E-state index is 4.13. The van der Waals surface area contributed by atoms with E-state index in [-0.39, 0.29) is 0 Å². The van der Waals surface area contributed by atoms with Crippen molar-refractivity contribution in [1.29, 1.82) is 0 Å². The van der Waals surface area contributed by atoms with Crippen LogP contribution in [0, 0.1) is 0 Å². The van der Waals surface area contributed by atoms with Crippen molar-refractivity contribution in [3.63, 3.8) is 0 Å². The van der Waals surface area contributed by atoms with E-state index in [1.54, 1.807) is 0 Å². The number of hydrogen-bond acceptors (Lipinski definition) is 2. The van der Waals surface area contributed by atoms with Gasteiger partial charge in [-0.3, -0.25) is 4.98 Å². The molecule has 0 aromatic carbocycles. The van der Waals surface area contributed by atoms with Gasteiger partial charge in [-0.05, 0) is 69.3 Å². The van der Waals surface area contributed by atoms with Gasteiger partial charge in [0.25, 0.3) is 0 Å². The van der Waals surface area contributed by atoms with E-state index >= 15 is 0 Å². The molecular formula is C10H12Br2N2. The van der Waals surface area contributed by atoms with Crippen LogP contribution < -0.4 is 5.32 Å². The van der Waals surface area contributed by atoms with Gasteiger partial charge < -0.3 is 5.32 Å². The molecule has 1 aliphatic heterocycles. The Morgan fingerprint density at radius 3 is 2.29 bits per heavy atom. The van der Waals surface area contributed by atoms with Crippen LogP contribution in [0.3, 0.4) is 0 Å². The molecule has 2 heterocycles. The molecule has 14 heavy (non-hydrogen) atoms. The largest absolute Gasteiger partial charge is 0.317 e. The van der Waals surface area contributed by atoms with Crippen LogP contribution in [-0.4, -0.2) is 18.1 Å². The monoisotopic (exact) mass is 318 g/mol. The van der Waals surface area contributed by atoms with E-state index in [1.165, 1.54) is 18.4 Å². The lowest BCUT2D eigenvalue weighted by Crippen LogP contribution is -2.27. The Balaban J connectivity index is 2.29. The molecule has 1 fully saturated rings. The summed E-state index contributed by atoms with van der Waals surface area (Å²) in [7, 11) is 0. The molecule has 0 saturated carbocycles. The predicted octanol–water partition coefficient (Wildman–Crippen LogP) is 3.07. The van der Waals surface area contributed by atoms with E-state index in [0.717, 1.165) is 22.0 Å². The zero-order valence-corrected chi connectivity index (χ0v) is 10.9. The number of nitrogens with zero attached hydrogens (tertiary/aromatic N) is 1. The molecule has 1 N–H and O–H groups in total. The third-order valence-corrected chi connectivity index (χ3v) is 3.90. The van der Waals surface area contributed by atoms with Crippen LogP contribution in [0.4, 0.5) is 0 Å². The van der Waals surface area contributed by atoms with Gasteiger partial charge in [0.15, 0.2) is 0 Å². The second-order valence-corrected chi connectivity index (χ2v) is 5.25. The summed E-state index contributed by atoms with van der Waals surface area (Å²) in [5.41, 5.74) is 1.38.